The quantitative estimate of drug-likeness (QED) is 0.561. The van der Waals surface area contributed by atoms with Crippen LogP contribution in [0.15, 0.2) is 42.5 Å². The molecule has 0 aromatic heterocycles. The van der Waals surface area contributed by atoms with E-state index in [9.17, 15) is 9.59 Å². The van der Waals surface area contributed by atoms with Gasteiger partial charge >= 0.3 is 0 Å². The Morgan fingerprint density at radius 3 is 2.22 bits per heavy atom. The summed E-state index contributed by atoms with van der Waals surface area (Å²) in [5.74, 6) is 0.777. The van der Waals surface area contributed by atoms with Crippen LogP contribution in [-0.2, 0) is 16.0 Å². The first-order valence-electron chi connectivity index (χ1n) is 9.46. The van der Waals surface area contributed by atoms with E-state index in [1.165, 1.54) is 0 Å². The molecule has 0 unspecified atom stereocenters. The molecular formula is C23H25ClO2S. The molecule has 1 aliphatic carbocycles. The molecular weight excluding hydrogens is 376 g/mol. The first kappa shape index (κ1) is 20.2. The minimum atomic E-state index is -0.599. The van der Waals surface area contributed by atoms with Crippen LogP contribution in [0.3, 0.4) is 0 Å². The van der Waals surface area contributed by atoms with E-state index in [0.717, 1.165) is 40.8 Å². The van der Waals surface area contributed by atoms with Gasteiger partial charge in [0.1, 0.15) is 17.5 Å². The molecule has 0 spiro atoms. The van der Waals surface area contributed by atoms with Gasteiger partial charge in [-0.1, -0.05) is 42.8 Å². The zero-order chi connectivity index (χ0) is 19.4. The summed E-state index contributed by atoms with van der Waals surface area (Å²) < 4.78 is 0. The Morgan fingerprint density at radius 2 is 1.63 bits per heavy atom. The lowest BCUT2D eigenvalue weighted by Crippen LogP contribution is -2.32. The summed E-state index contributed by atoms with van der Waals surface area (Å²) in [4.78, 5) is 25.8. The molecule has 3 rings (SSSR count). The van der Waals surface area contributed by atoms with Crippen molar-refractivity contribution in [3.05, 3.63) is 58.6 Å². The van der Waals surface area contributed by atoms with E-state index in [1.54, 1.807) is 11.8 Å². The fourth-order valence-corrected chi connectivity index (χ4v) is 4.59. The topological polar surface area (TPSA) is 34.1 Å². The number of carbonyl (C=O) groups excluding carboxylic acids is 2. The third-order valence-electron chi connectivity index (χ3n) is 5.37. The summed E-state index contributed by atoms with van der Waals surface area (Å²) in [6.45, 7) is 2.07. The average molecular weight is 401 g/mol. The number of hydrogen-bond donors (Lipinski definition) is 0. The van der Waals surface area contributed by atoms with Crippen LogP contribution in [0.1, 0.15) is 43.2 Å². The van der Waals surface area contributed by atoms with Crippen LogP contribution < -0.4 is 0 Å². The van der Waals surface area contributed by atoms with Gasteiger partial charge in [-0.15, -0.1) is 0 Å². The number of thioether (sulfide) groups is 1. The summed E-state index contributed by atoms with van der Waals surface area (Å²) in [6.07, 6.45) is 4.85. The second-order valence-electron chi connectivity index (χ2n) is 7.20. The molecule has 0 amide bonds. The van der Waals surface area contributed by atoms with Crippen LogP contribution in [0, 0.1) is 5.92 Å². The summed E-state index contributed by atoms with van der Waals surface area (Å²) in [5, 5.41) is 0.693. The van der Waals surface area contributed by atoms with Crippen LogP contribution in [0.25, 0.3) is 11.1 Å². The summed E-state index contributed by atoms with van der Waals surface area (Å²) in [6, 6.07) is 13.8. The molecule has 4 heteroatoms. The molecule has 0 heterocycles. The van der Waals surface area contributed by atoms with Gasteiger partial charge in [-0.3, -0.25) is 9.59 Å². The third-order valence-corrected chi connectivity index (χ3v) is 6.27. The highest BCUT2D eigenvalue weighted by Crippen LogP contribution is 2.36. The molecule has 0 bridgehead atoms. The number of carbonyl (C=O) groups is 2. The van der Waals surface area contributed by atoms with Gasteiger partial charge in [-0.25, -0.2) is 0 Å². The second-order valence-corrected chi connectivity index (χ2v) is 8.62. The molecule has 142 valence electrons. The highest BCUT2D eigenvalue weighted by Gasteiger charge is 2.37. The SMILES string of the molecule is CCc1ccc(-c2ccc(Cl)cc2)cc1C1C(=O)CC(CCSC)CC1=O. The molecule has 0 atom stereocenters. The normalized spacial score (nSPS) is 20.1. The van der Waals surface area contributed by atoms with Crippen molar-refractivity contribution in [3.8, 4) is 11.1 Å². The maximum atomic E-state index is 12.9. The molecule has 0 saturated heterocycles. The molecule has 2 aromatic carbocycles. The van der Waals surface area contributed by atoms with Crippen molar-refractivity contribution in [1.82, 2.24) is 0 Å². The Kier molecular flexibility index (Phi) is 6.78. The Bertz CT molecular complexity index is 811. The smallest absolute Gasteiger partial charge is 0.148 e. The van der Waals surface area contributed by atoms with Gasteiger partial charge < -0.3 is 0 Å². The van der Waals surface area contributed by atoms with E-state index >= 15 is 0 Å². The average Bonchev–Trinajstić information content (AvgIpc) is 2.66. The van der Waals surface area contributed by atoms with Crippen LogP contribution >= 0.6 is 23.4 Å². The minimum Gasteiger partial charge on any atom is -0.299 e. The predicted octanol–water partition coefficient (Wildman–Crippen LogP) is 5.95. The molecule has 1 saturated carbocycles. The number of halogens is 1. The van der Waals surface area contributed by atoms with E-state index in [1.807, 2.05) is 30.3 Å². The lowest BCUT2D eigenvalue weighted by molar-refractivity contribution is -0.133. The van der Waals surface area contributed by atoms with E-state index in [2.05, 4.69) is 25.3 Å². The largest absolute Gasteiger partial charge is 0.299 e. The van der Waals surface area contributed by atoms with Crippen molar-refractivity contribution in [2.45, 2.75) is 38.5 Å². The number of aryl methyl sites for hydroxylation is 1. The lowest BCUT2D eigenvalue weighted by Gasteiger charge is -2.28. The van der Waals surface area contributed by atoms with Crippen molar-refractivity contribution in [2.75, 3.05) is 12.0 Å². The predicted molar refractivity (Wildman–Crippen MR) is 115 cm³/mol. The van der Waals surface area contributed by atoms with Gasteiger partial charge in [-0.05, 0) is 71.2 Å². The third kappa shape index (κ3) is 4.64. The zero-order valence-corrected chi connectivity index (χ0v) is 17.4. The standard InChI is InChI=1S/C23H25ClO2S/c1-3-16-4-5-18(17-6-8-19(24)9-7-17)14-20(16)23-21(25)12-15(10-11-27-2)13-22(23)26/h4-9,14-15,23H,3,10-13H2,1-2H3. The highest BCUT2D eigenvalue weighted by molar-refractivity contribution is 7.98. The molecule has 0 radical (unpaired) electrons. The fourth-order valence-electron chi connectivity index (χ4n) is 3.90. The van der Waals surface area contributed by atoms with Gasteiger partial charge in [0.05, 0.1) is 0 Å². The lowest BCUT2D eigenvalue weighted by atomic mass is 9.74. The Balaban J connectivity index is 1.92. The highest BCUT2D eigenvalue weighted by atomic mass is 35.5. The number of rotatable bonds is 6. The number of benzene rings is 2. The van der Waals surface area contributed by atoms with E-state index in [-0.39, 0.29) is 17.5 Å². The van der Waals surface area contributed by atoms with E-state index in [0.29, 0.717) is 17.9 Å². The van der Waals surface area contributed by atoms with E-state index < -0.39 is 5.92 Å². The van der Waals surface area contributed by atoms with Gasteiger partial charge in [0.25, 0.3) is 0 Å². The fraction of sp³-hybridized carbons (Fsp3) is 0.391. The molecule has 1 fully saturated rings. The van der Waals surface area contributed by atoms with Gasteiger partial charge in [-0.2, -0.15) is 11.8 Å². The summed E-state index contributed by atoms with van der Waals surface area (Å²) in [7, 11) is 0. The van der Waals surface area contributed by atoms with Gasteiger partial charge in [0.2, 0.25) is 0 Å². The molecule has 1 aliphatic rings. The summed E-state index contributed by atoms with van der Waals surface area (Å²) in [5.41, 5.74) is 4.03. The number of Topliss-reactive ketones (excluding diaryl/α,β-unsaturated/α-hetero) is 2. The van der Waals surface area contributed by atoms with E-state index in [4.69, 9.17) is 11.6 Å². The molecule has 27 heavy (non-hydrogen) atoms. The van der Waals surface area contributed by atoms with Crippen molar-refractivity contribution >= 4 is 34.9 Å². The van der Waals surface area contributed by atoms with Gasteiger partial charge in [0, 0.05) is 17.9 Å². The van der Waals surface area contributed by atoms with Crippen LogP contribution in [-0.4, -0.2) is 23.6 Å². The van der Waals surface area contributed by atoms with Crippen molar-refractivity contribution in [1.29, 1.82) is 0 Å². The van der Waals surface area contributed by atoms with Crippen molar-refractivity contribution < 1.29 is 9.59 Å². The first-order chi connectivity index (χ1) is 13.0. The van der Waals surface area contributed by atoms with Crippen LogP contribution in [0.2, 0.25) is 5.02 Å². The van der Waals surface area contributed by atoms with Gasteiger partial charge in [0.15, 0.2) is 0 Å². The monoisotopic (exact) mass is 400 g/mol. The van der Waals surface area contributed by atoms with Crippen molar-refractivity contribution in [3.63, 3.8) is 0 Å². The Morgan fingerprint density at radius 1 is 1.00 bits per heavy atom. The van der Waals surface area contributed by atoms with Crippen LogP contribution in [0.4, 0.5) is 0 Å². The molecule has 0 aliphatic heterocycles. The Hall–Kier alpha value is -1.58. The molecule has 2 nitrogen and oxygen atoms in total. The molecule has 0 N–H and O–H groups in total. The van der Waals surface area contributed by atoms with Crippen LogP contribution in [0.5, 0.6) is 0 Å². The maximum absolute atomic E-state index is 12.9. The molecule has 2 aromatic rings. The Labute approximate surface area is 170 Å². The number of ketones is 2. The maximum Gasteiger partial charge on any atom is 0.148 e. The van der Waals surface area contributed by atoms with Crippen molar-refractivity contribution in [2.24, 2.45) is 5.92 Å². The zero-order valence-electron chi connectivity index (χ0n) is 15.8. The first-order valence-corrected chi connectivity index (χ1v) is 11.2. The summed E-state index contributed by atoms with van der Waals surface area (Å²) >= 11 is 7.77. The number of hydrogen-bond acceptors (Lipinski definition) is 3. The second kappa shape index (κ2) is 9.07. The minimum absolute atomic E-state index is 0.0836.